The molecule has 1 saturated heterocycles. The lowest BCUT2D eigenvalue weighted by Crippen LogP contribution is -2.50. The molecule has 0 radical (unpaired) electrons. The lowest BCUT2D eigenvalue weighted by molar-refractivity contribution is -0.187. The van der Waals surface area contributed by atoms with E-state index in [2.05, 4.69) is 16.0 Å². The molecule has 1 aromatic rings. The van der Waals surface area contributed by atoms with Gasteiger partial charge < -0.3 is 25.6 Å². The van der Waals surface area contributed by atoms with Crippen molar-refractivity contribution in [1.82, 2.24) is 25.8 Å². The molecule has 1 heterocycles. The molecule has 1 aliphatic heterocycles. The fraction of sp³-hybridized carbons (Fsp3) is 0.483. The van der Waals surface area contributed by atoms with Gasteiger partial charge in [0.05, 0.1) is 12.2 Å². The molecule has 2 aliphatic carbocycles. The van der Waals surface area contributed by atoms with Crippen LogP contribution in [0.4, 0.5) is 27.2 Å². The van der Waals surface area contributed by atoms with Crippen LogP contribution in [0.15, 0.2) is 47.7 Å². The van der Waals surface area contributed by atoms with Gasteiger partial charge in [-0.15, -0.1) is 0 Å². The number of hydrogen-bond donors (Lipinski definition) is 3. The smallest absolute Gasteiger partial charge is 0.411 e. The van der Waals surface area contributed by atoms with Crippen LogP contribution < -0.4 is 16.0 Å². The van der Waals surface area contributed by atoms with E-state index in [1.54, 1.807) is 6.08 Å². The summed E-state index contributed by atoms with van der Waals surface area (Å²) in [4.78, 5) is 64.0. The van der Waals surface area contributed by atoms with Gasteiger partial charge in [0.25, 0.3) is 0 Å². The highest BCUT2D eigenvalue weighted by atomic mass is 19.4. The lowest BCUT2D eigenvalue weighted by atomic mass is 9.85. The van der Waals surface area contributed by atoms with Crippen molar-refractivity contribution < 1.29 is 46.3 Å². The molecule has 238 valence electrons. The maximum atomic E-state index is 13.7. The van der Waals surface area contributed by atoms with Gasteiger partial charge in [0.1, 0.15) is 18.4 Å². The summed E-state index contributed by atoms with van der Waals surface area (Å²) in [5.74, 6) is -2.83. The molecule has 4 rings (SSSR count). The van der Waals surface area contributed by atoms with E-state index in [4.69, 9.17) is 4.74 Å². The largest absolute Gasteiger partial charge is 0.436 e. The molecule has 15 heteroatoms. The fourth-order valence-electron chi connectivity index (χ4n) is 5.50. The molecule has 11 nitrogen and oxygen atoms in total. The number of nitrogens with zero attached hydrogens (tertiary/aromatic N) is 2. The predicted octanol–water partition coefficient (Wildman–Crippen LogP) is 2.92. The first kappa shape index (κ1) is 32.5. The summed E-state index contributed by atoms with van der Waals surface area (Å²) in [6.45, 7) is 1.54. The zero-order valence-electron chi connectivity index (χ0n) is 24.1. The van der Waals surface area contributed by atoms with Gasteiger partial charge in [0.15, 0.2) is 11.4 Å². The van der Waals surface area contributed by atoms with Gasteiger partial charge in [0.2, 0.25) is 11.8 Å². The number of urea groups is 1. The minimum Gasteiger partial charge on any atom is -0.436 e. The standard InChI is InChI=1S/C29H33F4N5O6/c1-17(29(31,32)33)38(14-19-4-6-20(30)7-5-19)24(40)15-37-16-28(44-27(37)43)11-10-21-22(28)8-9-23(25(21)41)36-26(42)35-13-3-12-34-18(2)39/h4-9,17,21H,3,10-16H2,1-2H3,(H,34,39)(H2,35,36,42)/t17-,21?,28-/m0/s1. The summed E-state index contributed by atoms with van der Waals surface area (Å²) in [7, 11) is 0. The number of ether oxygens (including phenoxy) is 1. The molecule has 0 aromatic heterocycles. The van der Waals surface area contributed by atoms with E-state index in [0.717, 1.165) is 24.0 Å². The molecule has 1 unspecified atom stereocenters. The number of halogens is 4. The molecule has 1 saturated carbocycles. The number of benzene rings is 1. The molecule has 3 atom stereocenters. The first-order valence-corrected chi connectivity index (χ1v) is 14.0. The molecular formula is C29H33F4N5O6. The molecule has 1 aromatic carbocycles. The molecule has 5 amide bonds. The third kappa shape index (κ3) is 7.37. The summed E-state index contributed by atoms with van der Waals surface area (Å²) >= 11 is 0. The van der Waals surface area contributed by atoms with Crippen molar-refractivity contribution in [2.75, 3.05) is 26.2 Å². The molecule has 3 aliphatic rings. The van der Waals surface area contributed by atoms with Gasteiger partial charge in [-0.25, -0.2) is 14.0 Å². The summed E-state index contributed by atoms with van der Waals surface area (Å²) < 4.78 is 60.0. The van der Waals surface area contributed by atoms with Crippen LogP contribution in [0, 0.1) is 11.7 Å². The molecule has 1 spiro atoms. The van der Waals surface area contributed by atoms with Crippen LogP contribution in [-0.4, -0.2) is 83.5 Å². The molecule has 0 bridgehead atoms. The van der Waals surface area contributed by atoms with Crippen LogP contribution in [-0.2, 0) is 25.7 Å². The van der Waals surface area contributed by atoms with E-state index in [-0.39, 0.29) is 42.5 Å². The summed E-state index contributed by atoms with van der Waals surface area (Å²) in [5, 5.41) is 7.70. The number of carbonyl (C=O) groups excluding carboxylic acids is 5. The quantitative estimate of drug-likeness (QED) is 0.271. The first-order valence-electron chi connectivity index (χ1n) is 14.0. The van der Waals surface area contributed by atoms with Gasteiger partial charge in [-0.2, -0.15) is 13.2 Å². The fourth-order valence-corrected chi connectivity index (χ4v) is 5.50. The number of ketones is 1. The lowest BCUT2D eigenvalue weighted by Gasteiger charge is -2.32. The first-order chi connectivity index (χ1) is 20.7. The van der Waals surface area contributed by atoms with Crippen molar-refractivity contribution in [1.29, 1.82) is 0 Å². The Balaban J connectivity index is 1.42. The number of allylic oxidation sites excluding steroid dienone is 3. The Bertz CT molecular complexity index is 1380. The Morgan fingerprint density at radius 2 is 1.80 bits per heavy atom. The van der Waals surface area contributed by atoms with E-state index in [1.165, 1.54) is 25.1 Å². The number of fused-ring (bicyclic) bond motifs is 2. The van der Waals surface area contributed by atoms with E-state index in [0.29, 0.717) is 29.9 Å². The topological polar surface area (TPSA) is 137 Å². The zero-order valence-corrected chi connectivity index (χ0v) is 24.1. The SMILES string of the molecule is CC(=O)NCCCNC(=O)NC1=CC=C2C(CC[C@]23CN(CC(=O)N(Cc2ccc(F)cc2)[C@@H](C)C(F)(F)F)C(=O)O3)C1=O. The minimum atomic E-state index is -4.75. The number of carbonyl (C=O) groups is 5. The van der Waals surface area contributed by atoms with Gasteiger partial charge in [0, 0.05) is 32.5 Å². The summed E-state index contributed by atoms with van der Waals surface area (Å²) in [6.07, 6.45) is -1.67. The van der Waals surface area contributed by atoms with Crippen molar-refractivity contribution in [3.05, 3.63) is 59.1 Å². The zero-order chi connectivity index (χ0) is 32.2. The molecular weight excluding hydrogens is 590 g/mol. The average Bonchev–Trinajstić information content (AvgIpc) is 3.46. The van der Waals surface area contributed by atoms with Crippen LogP contribution in [0.1, 0.15) is 38.7 Å². The minimum absolute atomic E-state index is 0.0455. The number of hydrogen-bond acceptors (Lipinski definition) is 6. The summed E-state index contributed by atoms with van der Waals surface area (Å²) in [5.41, 5.74) is -0.443. The Labute approximate surface area is 250 Å². The predicted molar refractivity (Wildman–Crippen MR) is 147 cm³/mol. The molecule has 3 N–H and O–H groups in total. The molecule has 44 heavy (non-hydrogen) atoms. The van der Waals surface area contributed by atoms with E-state index in [1.807, 2.05) is 0 Å². The highest BCUT2D eigenvalue weighted by molar-refractivity contribution is 6.03. The molecule has 2 fully saturated rings. The van der Waals surface area contributed by atoms with Gasteiger partial charge in [-0.1, -0.05) is 18.2 Å². The third-order valence-electron chi connectivity index (χ3n) is 7.85. The van der Waals surface area contributed by atoms with Crippen LogP contribution in [0.2, 0.25) is 0 Å². The number of alkyl halides is 3. The Morgan fingerprint density at radius 1 is 1.11 bits per heavy atom. The summed E-state index contributed by atoms with van der Waals surface area (Å²) in [6, 6.07) is 1.91. The van der Waals surface area contributed by atoms with E-state index < -0.39 is 60.7 Å². The number of Topliss-reactive ketones (excluding diaryl/α,β-unsaturated/α-hetero) is 1. The number of nitrogens with one attached hydrogen (secondary N) is 3. The van der Waals surface area contributed by atoms with E-state index in [9.17, 15) is 41.5 Å². The Hall–Kier alpha value is -4.43. The Kier molecular flexibility index (Phi) is 9.64. The van der Waals surface area contributed by atoms with Crippen molar-refractivity contribution in [2.45, 2.75) is 57.5 Å². The normalized spacial score (nSPS) is 21.7. The maximum Gasteiger partial charge on any atom is 0.411 e. The highest BCUT2D eigenvalue weighted by Gasteiger charge is 2.56. The van der Waals surface area contributed by atoms with Crippen LogP contribution in [0.3, 0.4) is 0 Å². The van der Waals surface area contributed by atoms with Gasteiger partial charge in [-0.05, 0) is 55.5 Å². The highest BCUT2D eigenvalue weighted by Crippen LogP contribution is 2.48. The maximum absolute atomic E-state index is 13.7. The number of rotatable bonds is 10. The van der Waals surface area contributed by atoms with Gasteiger partial charge in [-0.3, -0.25) is 19.3 Å². The van der Waals surface area contributed by atoms with Crippen molar-refractivity contribution >= 4 is 29.7 Å². The monoisotopic (exact) mass is 623 g/mol. The second kappa shape index (κ2) is 13.1. The number of amides is 5. The third-order valence-corrected chi connectivity index (χ3v) is 7.85. The van der Waals surface area contributed by atoms with Crippen LogP contribution in [0.25, 0.3) is 0 Å². The van der Waals surface area contributed by atoms with Crippen molar-refractivity contribution in [3.8, 4) is 0 Å². The van der Waals surface area contributed by atoms with Crippen LogP contribution in [0.5, 0.6) is 0 Å². The van der Waals surface area contributed by atoms with Crippen LogP contribution >= 0.6 is 0 Å². The van der Waals surface area contributed by atoms with E-state index >= 15 is 0 Å². The second-order valence-corrected chi connectivity index (χ2v) is 11.0. The Morgan fingerprint density at radius 3 is 2.45 bits per heavy atom. The average molecular weight is 624 g/mol. The van der Waals surface area contributed by atoms with Crippen molar-refractivity contribution in [3.63, 3.8) is 0 Å². The van der Waals surface area contributed by atoms with Crippen molar-refractivity contribution in [2.24, 2.45) is 5.92 Å². The second-order valence-electron chi connectivity index (χ2n) is 11.0. The van der Waals surface area contributed by atoms with Gasteiger partial charge >= 0.3 is 18.3 Å².